The highest BCUT2D eigenvalue weighted by Crippen LogP contribution is 2.24. The van der Waals surface area contributed by atoms with Crippen LogP contribution in [0.1, 0.15) is 15.4 Å². The smallest absolute Gasteiger partial charge is 0.342 e. The van der Waals surface area contributed by atoms with Crippen LogP contribution in [-0.2, 0) is 11.3 Å². The van der Waals surface area contributed by atoms with E-state index in [1.807, 2.05) is 24.3 Å². The van der Waals surface area contributed by atoms with Gasteiger partial charge in [0.1, 0.15) is 28.7 Å². The number of benzene rings is 2. The average molecular weight is 317 g/mol. The van der Waals surface area contributed by atoms with E-state index >= 15 is 0 Å². The van der Waals surface area contributed by atoms with Gasteiger partial charge < -0.3 is 9.47 Å². The van der Waals surface area contributed by atoms with Crippen LogP contribution in [0, 0.1) is 5.82 Å². The number of hydrogen-bond donors (Lipinski definition) is 0. The van der Waals surface area contributed by atoms with Gasteiger partial charge in [0.2, 0.25) is 0 Å². The molecule has 0 saturated heterocycles. The molecule has 0 fully saturated rings. The van der Waals surface area contributed by atoms with Crippen molar-refractivity contribution in [3.63, 3.8) is 0 Å². The number of methoxy groups -OCH3 is 1. The van der Waals surface area contributed by atoms with Crippen LogP contribution in [0.4, 0.5) is 4.39 Å². The van der Waals surface area contributed by atoms with Crippen molar-refractivity contribution in [2.75, 3.05) is 7.11 Å². The molecule has 3 aromatic rings. The molecule has 0 unspecified atom stereocenters. The Labute approximate surface area is 130 Å². The molecular formula is C16H12FNO3S. The fourth-order valence-corrected chi connectivity index (χ4v) is 2.91. The van der Waals surface area contributed by atoms with E-state index in [4.69, 9.17) is 9.47 Å². The summed E-state index contributed by atoms with van der Waals surface area (Å²) >= 11 is 1.45. The van der Waals surface area contributed by atoms with Crippen molar-refractivity contribution in [1.82, 2.24) is 4.98 Å². The predicted octanol–water partition coefficient (Wildman–Crippen LogP) is 3.80. The molecule has 0 atom stereocenters. The molecule has 0 aliphatic carbocycles. The van der Waals surface area contributed by atoms with Crippen LogP contribution in [-0.4, -0.2) is 18.1 Å². The van der Waals surface area contributed by atoms with Gasteiger partial charge in [0, 0.05) is 0 Å². The van der Waals surface area contributed by atoms with Crippen molar-refractivity contribution >= 4 is 27.5 Å². The molecule has 0 aliphatic rings. The van der Waals surface area contributed by atoms with E-state index < -0.39 is 11.8 Å². The van der Waals surface area contributed by atoms with Crippen molar-refractivity contribution < 1.29 is 18.7 Å². The third-order valence-corrected chi connectivity index (χ3v) is 4.06. The molecule has 0 amide bonds. The zero-order valence-corrected chi connectivity index (χ0v) is 12.5. The predicted molar refractivity (Wildman–Crippen MR) is 81.7 cm³/mol. The Kier molecular flexibility index (Phi) is 4.02. The first-order valence-corrected chi connectivity index (χ1v) is 7.34. The van der Waals surface area contributed by atoms with Crippen LogP contribution in [0.25, 0.3) is 10.2 Å². The molecule has 0 bridgehead atoms. The number of halogens is 1. The molecule has 22 heavy (non-hydrogen) atoms. The maximum absolute atomic E-state index is 13.3. The average Bonchev–Trinajstić information content (AvgIpc) is 2.95. The zero-order chi connectivity index (χ0) is 15.5. The minimum atomic E-state index is -0.643. The molecule has 0 radical (unpaired) electrons. The van der Waals surface area contributed by atoms with Crippen molar-refractivity contribution in [3.05, 3.63) is 58.9 Å². The number of esters is 1. The van der Waals surface area contributed by atoms with Gasteiger partial charge >= 0.3 is 5.97 Å². The van der Waals surface area contributed by atoms with Crippen LogP contribution in [0.15, 0.2) is 42.5 Å². The summed E-state index contributed by atoms with van der Waals surface area (Å²) in [5.41, 5.74) is 0.922. The Balaban J connectivity index is 1.76. The van der Waals surface area contributed by atoms with Crippen LogP contribution in [0.5, 0.6) is 5.75 Å². The molecule has 3 rings (SSSR count). The highest BCUT2D eigenvalue weighted by atomic mass is 32.1. The summed E-state index contributed by atoms with van der Waals surface area (Å²) in [6, 6.07) is 11.4. The Hall–Kier alpha value is -2.47. The highest BCUT2D eigenvalue weighted by molar-refractivity contribution is 7.18. The number of nitrogens with zero attached hydrogens (tertiary/aromatic N) is 1. The molecular weight excluding hydrogens is 305 g/mol. The lowest BCUT2D eigenvalue weighted by Gasteiger charge is -2.07. The Morgan fingerprint density at radius 2 is 2.09 bits per heavy atom. The second kappa shape index (κ2) is 6.11. The molecule has 0 N–H and O–H groups in total. The molecule has 1 heterocycles. The monoisotopic (exact) mass is 317 g/mol. The quantitative estimate of drug-likeness (QED) is 0.687. The highest BCUT2D eigenvalue weighted by Gasteiger charge is 2.16. The summed E-state index contributed by atoms with van der Waals surface area (Å²) in [7, 11) is 1.41. The largest absolute Gasteiger partial charge is 0.496 e. The molecule has 4 nitrogen and oxygen atoms in total. The molecule has 0 saturated carbocycles. The van der Waals surface area contributed by atoms with Gasteiger partial charge in [-0.05, 0) is 30.3 Å². The van der Waals surface area contributed by atoms with E-state index in [1.54, 1.807) is 0 Å². The molecule has 0 aliphatic heterocycles. The van der Waals surface area contributed by atoms with Gasteiger partial charge in [0.25, 0.3) is 0 Å². The molecule has 2 aromatic carbocycles. The van der Waals surface area contributed by atoms with Gasteiger partial charge in [-0.1, -0.05) is 12.1 Å². The number of ether oxygens (including phenoxy) is 2. The normalized spacial score (nSPS) is 10.6. The van der Waals surface area contributed by atoms with Crippen LogP contribution in [0.2, 0.25) is 0 Å². The van der Waals surface area contributed by atoms with Crippen molar-refractivity contribution in [2.24, 2.45) is 0 Å². The summed E-state index contributed by atoms with van der Waals surface area (Å²) in [6.07, 6.45) is 0. The van der Waals surface area contributed by atoms with Gasteiger partial charge in [0.05, 0.1) is 17.3 Å². The van der Waals surface area contributed by atoms with E-state index in [-0.39, 0.29) is 17.9 Å². The fraction of sp³-hybridized carbons (Fsp3) is 0.125. The molecule has 1 aromatic heterocycles. The summed E-state index contributed by atoms with van der Waals surface area (Å²) in [4.78, 5) is 16.4. The van der Waals surface area contributed by atoms with Gasteiger partial charge in [-0.3, -0.25) is 0 Å². The van der Waals surface area contributed by atoms with Crippen molar-refractivity contribution in [2.45, 2.75) is 6.61 Å². The van der Waals surface area contributed by atoms with Crippen LogP contribution < -0.4 is 4.74 Å². The number of thiazole rings is 1. The van der Waals surface area contributed by atoms with E-state index in [9.17, 15) is 9.18 Å². The Bertz CT molecular complexity index is 798. The number of carbonyl (C=O) groups excluding carboxylic acids is 1. The lowest BCUT2D eigenvalue weighted by atomic mass is 10.2. The van der Waals surface area contributed by atoms with E-state index in [0.29, 0.717) is 5.01 Å². The minimum Gasteiger partial charge on any atom is -0.496 e. The second-order valence-corrected chi connectivity index (χ2v) is 5.61. The Morgan fingerprint density at radius 3 is 2.86 bits per heavy atom. The van der Waals surface area contributed by atoms with Gasteiger partial charge in [-0.2, -0.15) is 0 Å². The SMILES string of the molecule is COc1ccc(F)cc1C(=O)OCc1nc2ccccc2s1. The number of para-hydroxylation sites is 1. The number of hydrogen-bond acceptors (Lipinski definition) is 5. The summed E-state index contributed by atoms with van der Waals surface area (Å²) in [5.74, 6) is -0.890. The topological polar surface area (TPSA) is 48.4 Å². The summed E-state index contributed by atoms with van der Waals surface area (Å²) in [5, 5.41) is 0.685. The van der Waals surface area contributed by atoms with E-state index in [0.717, 1.165) is 16.3 Å². The van der Waals surface area contributed by atoms with Crippen LogP contribution in [0.3, 0.4) is 0 Å². The molecule has 6 heteroatoms. The number of rotatable bonds is 4. The number of fused-ring (bicyclic) bond motifs is 1. The maximum Gasteiger partial charge on any atom is 0.342 e. The van der Waals surface area contributed by atoms with Crippen LogP contribution >= 0.6 is 11.3 Å². The number of carbonyl (C=O) groups is 1. The van der Waals surface area contributed by atoms with Gasteiger partial charge in [-0.15, -0.1) is 11.3 Å². The first-order valence-electron chi connectivity index (χ1n) is 6.52. The first-order chi connectivity index (χ1) is 10.7. The Morgan fingerprint density at radius 1 is 1.27 bits per heavy atom. The lowest BCUT2D eigenvalue weighted by Crippen LogP contribution is -2.07. The second-order valence-electron chi connectivity index (χ2n) is 4.50. The summed E-state index contributed by atoms with van der Waals surface area (Å²) in [6.45, 7) is 0.0395. The van der Waals surface area contributed by atoms with E-state index in [2.05, 4.69) is 4.98 Å². The third-order valence-electron chi connectivity index (χ3n) is 3.05. The first kappa shape index (κ1) is 14.5. The standard InChI is InChI=1S/C16H12FNO3S/c1-20-13-7-6-10(17)8-11(13)16(19)21-9-15-18-12-4-2-3-5-14(12)22-15/h2-8H,9H2,1H3. The molecule has 112 valence electrons. The van der Waals surface area contributed by atoms with Crippen molar-refractivity contribution in [1.29, 1.82) is 0 Å². The minimum absolute atomic E-state index is 0.0395. The fourth-order valence-electron chi connectivity index (χ4n) is 2.03. The maximum atomic E-state index is 13.3. The molecule has 0 spiro atoms. The lowest BCUT2D eigenvalue weighted by molar-refractivity contribution is 0.0468. The zero-order valence-electron chi connectivity index (χ0n) is 11.7. The summed E-state index contributed by atoms with van der Waals surface area (Å²) < 4.78 is 24.5. The van der Waals surface area contributed by atoms with Crippen molar-refractivity contribution in [3.8, 4) is 5.75 Å². The van der Waals surface area contributed by atoms with Gasteiger partial charge in [0.15, 0.2) is 0 Å². The number of aromatic nitrogens is 1. The van der Waals surface area contributed by atoms with Gasteiger partial charge in [-0.25, -0.2) is 14.2 Å². The van der Waals surface area contributed by atoms with E-state index in [1.165, 1.54) is 30.6 Å². The third kappa shape index (κ3) is 2.92.